The van der Waals surface area contributed by atoms with E-state index in [9.17, 15) is 25.9 Å². The van der Waals surface area contributed by atoms with Gasteiger partial charge in [-0.2, -0.15) is 0 Å². The van der Waals surface area contributed by atoms with Gasteiger partial charge in [-0.25, -0.2) is 16.8 Å². The summed E-state index contributed by atoms with van der Waals surface area (Å²) in [5.41, 5.74) is 1.86. The van der Waals surface area contributed by atoms with Crippen LogP contribution in [0.5, 0.6) is 0 Å². The van der Waals surface area contributed by atoms with E-state index in [0.29, 0.717) is 0 Å². The fourth-order valence-electron chi connectivity index (χ4n) is 1.41. The summed E-state index contributed by atoms with van der Waals surface area (Å²) in [6.45, 7) is 3.64. The number of rotatable bonds is 2. The number of hydrogen-bond acceptors (Lipinski definition) is 6. The van der Waals surface area contributed by atoms with Crippen molar-refractivity contribution in [2.75, 3.05) is 0 Å². The van der Waals surface area contributed by atoms with Crippen molar-refractivity contribution in [3.63, 3.8) is 0 Å². The molecule has 0 saturated heterocycles. The van der Waals surface area contributed by atoms with Crippen molar-refractivity contribution in [3.05, 3.63) is 59.7 Å². The predicted octanol–water partition coefficient (Wildman–Crippen LogP) is 1.80. The third kappa shape index (κ3) is 7.72. The molecule has 0 atom stereocenters. The van der Waals surface area contributed by atoms with Crippen molar-refractivity contribution in [2.24, 2.45) is 0 Å². The Morgan fingerprint density at radius 2 is 0.826 bits per heavy atom. The van der Waals surface area contributed by atoms with Gasteiger partial charge in [0.2, 0.25) is 0 Å². The molecule has 0 heterocycles. The van der Waals surface area contributed by atoms with E-state index in [2.05, 4.69) is 0 Å². The van der Waals surface area contributed by atoms with Gasteiger partial charge in [-0.05, 0) is 38.1 Å². The van der Waals surface area contributed by atoms with Crippen LogP contribution in [0.2, 0.25) is 0 Å². The maximum atomic E-state index is 10.4. The fraction of sp³-hybridized carbons (Fsp3) is 0.143. The second kappa shape index (κ2) is 8.56. The van der Waals surface area contributed by atoms with E-state index in [1.807, 2.05) is 13.8 Å². The molecule has 0 spiro atoms. The molecule has 2 rings (SSSR count). The van der Waals surface area contributed by atoms with Gasteiger partial charge in [0.05, 0.1) is 9.79 Å². The van der Waals surface area contributed by atoms with E-state index in [1.165, 1.54) is 24.3 Å². The van der Waals surface area contributed by atoms with Gasteiger partial charge in [-0.3, -0.25) is 0 Å². The van der Waals surface area contributed by atoms with Crippen LogP contribution >= 0.6 is 0 Å². The van der Waals surface area contributed by atoms with Crippen LogP contribution in [0.25, 0.3) is 0 Å². The molecule has 0 amide bonds. The molecule has 0 aromatic heterocycles. The first-order chi connectivity index (χ1) is 10.00. The van der Waals surface area contributed by atoms with Crippen LogP contribution in [0.4, 0.5) is 0 Å². The standard InChI is InChI=1S/2C7H8O3S.Ni/c2*1-6-2-4-7(5-3-6)11(8,9)10;/h2*2-5H,1H3,(H,8,9,10);/q;;+2/p-2. The average molecular weight is 401 g/mol. The van der Waals surface area contributed by atoms with Crippen molar-refractivity contribution in [2.45, 2.75) is 23.6 Å². The second-order valence-corrected chi connectivity index (χ2v) is 7.29. The summed E-state index contributed by atoms with van der Waals surface area (Å²) in [4.78, 5) is -0.355. The Bertz CT molecular complexity index is 752. The summed E-state index contributed by atoms with van der Waals surface area (Å²) < 4.78 is 62.3. The Labute approximate surface area is 146 Å². The molecule has 2 aromatic carbocycles. The topological polar surface area (TPSA) is 114 Å². The van der Waals surface area contributed by atoms with Gasteiger partial charge in [0.1, 0.15) is 20.2 Å². The van der Waals surface area contributed by atoms with Crippen molar-refractivity contribution in [1.82, 2.24) is 0 Å². The Kier molecular flexibility index (Phi) is 8.10. The molecule has 0 aliphatic rings. The van der Waals surface area contributed by atoms with Crippen LogP contribution in [0.15, 0.2) is 58.3 Å². The van der Waals surface area contributed by atoms with Gasteiger partial charge in [-0.1, -0.05) is 35.4 Å². The molecule has 23 heavy (non-hydrogen) atoms. The molecule has 0 aliphatic carbocycles. The van der Waals surface area contributed by atoms with E-state index >= 15 is 0 Å². The molecule has 128 valence electrons. The van der Waals surface area contributed by atoms with E-state index in [1.54, 1.807) is 24.3 Å². The zero-order valence-corrected chi connectivity index (χ0v) is 14.8. The van der Waals surface area contributed by atoms with Crippen molar-refractivity contribution >= 4 is 20.2 Å². The minimum atomic E-state index is -4.27. The summed E-state index contributed by atoms with van der Waals surface area (Å²) in [5.74, 6) is 0. The zero-order chi connectivity index (χ0) is 17.0. The van der Waals surface area contributed by atoms with Crippen LogP contribution < -0.4 is 0 Å². The normalized spacial score (nSPS) is 11.0. The van der Waals surface area contributed by atoms with E-state index in [4.69, 9.17) is 0 Å². The summed E-state index contributed by atoms with van der Waals surface area (Å²) in [7, 11) is -8.54. The molecule has 6 nitrogen and oxygen atoms in total. The molecule has 0 bridgehead atoms. The minimum Gasteiger partial charge on any atom is -0.744 e. The first-order valence-corrected chi connectivity index (χ1v) is 8.87. The summed E-state index contributed by atoms with van der Waals surface area (Å²) in [5, 5.41) is 0. The Morgan fingerprint density at radius 3 is 1.00 bits per heavy atom. The van der Waals surface area contributed by atoms with Gasteiger partial charge in [0, 0.05) is 0 Å². The second-order valence-electron chi connectivity index (χ2n) is 4.53. The average Bonchev–Trinajstić information content (AvgIpc) is 2.38. The van der Waals surface area contributed by atoms with Gasteiger partial charge in [-0.15, -0.1) is 0 Å². The molecule has 0 aliphatic heterocycles. The molecule has 0 unspecified atom stereocenters. The molecule has 0 saturated carbocycles. The molecule has 0 fully saturated rings. The van der Waals surface area contributed by atoms with Crippen LogP contribution in [-0.4, -0.2) is 25.9 Å². The molecular formula is C14H14NiO6S2. The van der Waals surface area contributed by atoms with E-state index in [0.717, 1.165) is 11.1 Å². The molecule has 2 aromatic rings. The number of hydrogen-bond donors (Lipinski definition) is 0. The molecular weight excluding hydrogens is 387 g/mol. The smallest absolute Gasteiger partial charge is 0.744 e. The predicted molar refractivity (Wildman–Crippen MR) is 78.3 cm³/mol. The third-order valence-corrected chi connectivity index (χ3v) is 4.32. The van der Waals surface area contributed by atoms with Crippen LogP contribution in [0.3, 0.4) is 0 Å². The van der Waals surface area contributed by atoms with Gasteiger partial charge < -0.3 is 9.11 Å². The summed E-state index contributed by atoms with van der Waals surface area (Å²) >= 11 is 0. The van der Waals surface area contributed by atoms with Crippen molar-refractivity contribution in [3.8, 4) is 0 Å². The third-order valence-electron chi connectivity index (χ3n) is 2.62. The zero-order valence-electron chi connectivity index (χ0n) is 12.2. The largest absolute Gasteiger partial charge is 2.00 e. The van der Waals surface area contributed by atoms with Gasteiger partial charge >= 0.3 is 16.5 Å². The van der Waals surface area contributed by atoms with E-state index in [-0.39, 0.29) is 26.3 Å². The number of aryl methyl sites for hydroxylation is 2. The van der Waals surface area contributed by atoms with Gasteiger partial charge in [0.15, 0.2) is 0 Å². The monoisotopic (exact) mass is 400 g/mol. The Morgan fingerprint density at radius 1 is 0.609 bits per heavy atom. The van der Waals surface area contributed by atoms with Crippen molar-refractivity contribution < 1.29 is 42.4 Å². The minimum absolute atomic E-state index is 0. The maximum Gasteiger partial charge on any atom is 2.00 e. The summed E-state index contributed by atoms with van der Waals surface area (Å²) in [6, 6.07) is 11.6. The summed E-state index contributed by atoms with van der Waals surface area (Å²) in [6.07, 6.45) is 0. The fourth-order valence-corrected chi connectivity index (χ4v) is 2.35. The Hall–Kier alpha value is -1.25. The SMILES string of the molecule is Cc1ccc(S(=O)(=O)[O-])cc1.Cc1ccc(S(=O)(=O)[O-])cc1.[Ni+2]. The maximum absolute atomic E-state index is 10.4. The molecule has 0 N–H and O–H groups in total. The molecule has 0 radical (unpaired) electrons. The van der Waals surface area contributed by atoms with Crippen LogP contribution in [0.1, 0.15) is 11.1 Å². The van der Waals surface area contributed by atoms with Crippen LogP contribution in [0, 0.1) is 13.8 Å². The molecule has 9 heteroatoms. The van der Waals surface area contributed by atoms with Crippen molar-refractivity contribution in [1.29, 1.82) is 0 Å². The first-order valence-electron chi connectivity index (χ1n) is 6.05. The van der Waals surface area contributed by atoms with Gasteiger partial charge in [0.25, 0.3) is 0 Å². The van der Waals surface area contributed by atoms with E-state index < -0.39 is 20.2 Å². The Balaban J connectivity index is 0.000000403. The first kappa shape index (κ1) is 21.8. The number of benzene rings is 2. The quantitative estimate of drug-likeness (QED) is 0.560. The van der Waals surface area contributed by atoms with Crippen LogP contribution in [-0.2, 0) is 36.7 Å².